The van der Waals surface area contributed by atoms with Gasteiger partial charge in [-0.1, -0.05) is 67.6 Å². The molecule has 6 nitrogen and oxygen atoms in total. The fraction of sp³-hybridized carbons (Fsp3) is 0.435. The lowest BCUT2D eigenvalue weighted by Gasteiger charge is -2.59. The van der Waals surface area contributed by atoms with Crippen LogP contribution < -0.4 is 0 Å². The zero-order chi connectivity index (χ0) is 20.6. The number of carbonyl (C=O) groups excluding carboxylic acids is 1. The molecule has 0 amide bonds. The number of rotatable bonds is 5. The lowest BCUT2D eigenvalue weighted by atomic mass is 9.49. The Hall–Kier alpha value is -2.73. The number of benzene rings is 2. The van der Waals surface area contributed by atoms with Gasteiger partial charge < -0.3 is 4.74 Å². The molecule has 1 aliphatic carbocycles. The van der Waals surface area contributed by atoms with Gasteiger partial charge in [-0.25, -0.2) is 0 Å². The maximum absolute atomic E-state index is 12.4. The van der Waals surface area contributed by atoms with E-state index in [2.05, 4.69) is 6.92 Å². The van der Waals surface area contributed by atoms with Crippen molar-refractivity contribution in [3.8, 4) is 0 Å². The highest BCUT2D eigenvalue weighted by Gasteiger charge is 2.70. The van der Waals surface area contributed by atoms with Crippen molar-refractivity contribution in [2.24, 2.45) is 0 Å². The van der Waals surface area contributed by atoms with Gasteiger partial charge in [-0.2, -0.15) is 0 Å². The van der Waals surface area contributed by atoms with Gasteiger partial charge >= 0.3 is 5.97 Å². The standard InChI is InChI=1S/C23H26N2O4/c1-23(17-12-7-4-8-13-17)19(16-10-5-3-6-11-16)20(25(27)28)21(23)24-15-9-14-18(24)22(26)29-2/h3-8,10-13,18-21H,9,14-15H2,1-2H3/t18-,19?,20?,21?,23?/m0/s1. The minimum Gasteiger partial charge on any atom is -0.468 e. The van der Waals surface area contributed by atoms with Gasteiger partial charge in [0.15, 0.2) is 0 Å². The van der Waals surface area contributed by atoms with E-state index in [0.717, 1.165) is 17.5 Å². The predicted molar refractivity (Wildman–Crippen MR) is 109 cm³/mol. The van der Waals surface area contributed by atoms with E-state index in [4.69, 9.17) is 4.74 Å². The van der Waals surface area contributed by atoms with E-state index < -0.39 is 17.5 Å². The van der Waals surface area contributed by atoms with Crippen molar-refractivity contribution in [1.82, 2.24) is 4.90 Å². The van der Waals surface area contributed by atoms with Gasteiger partial charge in [0.25, 0.3) is 0 Å². The molecule has 2 fully saturated rings. The Bertz CT molecular complexity index is 888. The highest BCUT2D eigenvalue weighted by atomic mass is 16.6. The molecule has 2 aliphatic rings. The largest absolute Gasteiger partial charge is 0.468 e. The van der Waals surface area contributed by atoms with E-state index in [1.54, 1.807) is 0 Å². The van der Waals surface area contributed by atoms with Gasteiger partial charge in [0, 0.05) is 10.3 Å². The Morgan fingerprint density at radius 3 is 2.34 bits per heavy atom. The van der Waals surface area contributed by atoms with Gasteiger partial charge in [0.05, 0.1) is 19.1 Å². The minimum absolute atomic E-state index is 0.153. The van der Waals surface area contributed by atoms with Gasteiger partial charge in [0.1, 0.15) is 6.04 Å². The van der Waals surface area contributed by atoms with Crippen molar-refractivity contribution in [2.75, 3.05) is 13.7 Å². The van der Waals surface area contributed by atoms with Crippen molar-refractivity contribution in [1.29, 1.82) is 0 Å². The maximum atomic E-state index is 12.4. The maximum Gasteiger partial charge on any atom is 0.323 e. The second-order valence-corrected chi connectivity index (χ2v) is 8.18. The van der Waals surface area contributed by atoms with Crippen LogP contribution in [-0.2, 0) is 14.9 Å². The van der Waals surface area contributed by atoms with E-state index in [9.17, 15) is 14.9 Å². The highest BCUT2D eigenvalue weighted by Crippen LogP contribution is 2.58. The van der Waals surface area contributed by atoms with Crippen LogP contribution in [0.2, 0.25) is 0 Å². The molecule has 0 spiro atoms. The number of likely N-dealkylation sites (tertiary alicyclic amines) is 1. The fourth-order valence-corrected chi connectivity index (χ4v) is 5.60. The Morgan fingerprint density at radius 2 is 1.76 bits per heavy atom. The molecule has 0 N–H and O–H groups in total. The number of nitrogens with zero attached hydrogens (tertiary/aromatic N) is 2. The molecule has 152 valence electrons. The zero-order valence-corrected chi connectivity index (χ0v) is 16.7. The molecule has 2 aromatic rings. The minimum atomic E-state index is -0.784. The Kier molecular flexibility index (Phi) is 5.13. The van der Waals surface area contributed by atoms with Gasteiger partial charge in [0.2, 0.25) is 6.04 Å². The van der Waals surface area contributed by atoms with E-state index in [-0.39, 0.29) is 22.9 Å². The number of methoxy groups -OCH3 is 1. The molecule has 0 radical (unpaired) electrons. The Balaban J connectivity index is 1.84. The third-order valence-corrected chi connectivity index (χ3v) is 6.85. The van der Waals surface area contributed by atoms with Crippen LogP contribution in [0.25, 0.3) is 0 Å². The number of nitro groups is 1. The van der Waals surface area contributed by atoms with E-state index in [1.807, 2.05) is 65.6 Å². The molecule has 1 saturated carbocycles. The fourth-order valence-electron chi connectivity index (χ4n) is 5.60. The Labute approximate surface area is 170 Å². The summed E-state index contributed by atoms with van der Waals surface area (Å²) in [6.07, 6.45) is 1.51. The summed E-state index contributed by atoms with van der Waals surface area (Å²) >= 11 is 0. The number of hydrogen-bond acceptors (Lipinski definition) is 5. The molecule has 1 heterocycles. The normalized spacial score (nSPS) is 31.8. The van der Waals surface area contributed by atoms with E-state index in [1.165, 1.54) is 7.11 Å². The quantitative estimate of drug-likeness (QED) is 0.442. The lowest BCUT2D eigenvalue weighted by molar-refractivity contribution is -0.558. The smallest absolute Gasteiger partial charge is 0.323 e. The van der Waals surface area contributed by atoms with Crippen molar-refractivity contribution < 1.29 is 14.5 Å². The molecule has 2 aromatic carbocycles. The van der Waals surface area contributed by atoms with Crippen LogP contribution in [0.1, 0.15) is 36.8 Å². The number of esters is 1. The summed E-state index contributed by atoms with van der Waals surface area (Å²) in [5.74, 6) is -0.576. The van der Waals surface area contributed by atoms with Gasteiger partial charge in [-0.3, -0.25) is 19.8 Å². The first kappa shape index (κ1) is 19.6. The monoisotopic (exact) mass is 394 g/mol. The van der Waals surface area contributed by atoms with Crippen LogP contribution in [-0.4, -0.2) is 47.6 Å². The van der Waals surface area contributed by atoms with Crippen molar-refractivity contribution in [3.05, 3.63) is 81.9 Å². The zero-order valence-electron chi connectivity index (χ0n) is 16.7. The summed E-state index contributed by atoms with van der Waals surface area (Å²) in [6, 6.07) is 18.1. The average molecular weight is 394 g/mol. The summed E-state index contributed by atoms with van der Waals surface area (Å²) in [4.78, 5) is 26.6. The topological polar surface area (TPSA) is 72.7 Å². The number of carbonyl (C=O) groups is 1. The van der Waals surface area contributed by atoms with Crippen LogP contribution in [0, 0.1) is 10.1 Å². The Morgan fingerprint density at radius 1 is 1.14 bits per heavy atom. The van der Waals surface area contributed by atoms with Crippen molar-refractivity contribution >= 4 is 5.97 Å². The SMILES string of the molecule is COC(=O)[C@@H]1CCCN1C1C([N+](=O)[O-])C(c2ccccc2)C1(C)c1ccccc1. The van der Waals surface area contributed by atoms with Gasteiger partial charge in [-0.15, -0.1) is 0 Å². The lowest BCUT2D eigenvalue weighted by Crippen LogP contribution is -2.73. The van der Waals surface area contributed by atoms with Gasteiger partial charge in [-0.05, 0) is 30.5 Å². The van der Waals surface area contributed by atoms with Crippen molar-refractivity contribution in [2.45, 2.75) is 49.2 Å². The average Bonchev–Trinajstić information content (AvgIpc) is 3.21. The second kappa shape index (κ2) is 7.59. The highest BCUT2D eigenvalue weighted by molar-refractivity contribution is 5.76. The van der Waals surface area contributed by atoms with Crippen LogP contribution in [0.5, 0.6) is 0 Å². The molecular formula is C23H26N2O4. The molecule has 0 bridgehead atoms. The first-order chi connectivity index (χ1) is 14.0. The van der Waals surface area contributed by atoms with E-state index in [0.29, 0.717) is 13.0 Å². The molecule has 29 heavy (non-hydrogen) atoms. The van der Waals surface area contributed by atoms with Crippen molar-refractivity contribution in [3.63, 3.8) is 0 Å². The molecule has 4 unspecified atom stereocenters. The van der Waals surface area contributed by atoms with Crippen LogP contribution >= 0.6 is 0 Å². The van der Waals surface area contributed by atoms with Crippen LogP contribution in [0.3, 0.4) is 0 Å². The third-order valence-electron chi connectivity index (χ3n) is 6.85. The third kappa shape index (κ3) is 3.02. The molecular weight excluding hydrogens is 368 g/mol. The summed E-state index contributed by atoms with van der Waals surface area (Å²) in [6.45, 7) is 2.77. The molecule has 6 heteroatoms. The summed E-state index contributed by atoms with van der Waals surface area (Å²) in [5, 5.41) is 12.3. The number of hydrogen-bond donors (Lipinski definition) is 0. The first-order valence-electron chi connectivity index (χ1n) is 10.1. The second-order valence-electron chi connectivity index (χ2n) is 8.18. The summed E-state index contributed by atoms with van der Waals surface area (Å²) < 4.78 is 5.01. The molecule has 0 aromatic heterocycles. The number of ether oxygens (including phenoxy) is 1. The molecule has 1 aliphatic heterocycles. The summed E-state index contributed by atoms with van der Waals surface area (Å²) in [5.41, 5.74) is 1.54. The predicted octanol–water partition coefficient (Wildman–Crippen LogP) is 3.39. The van der Waals surface area contributed by atoms with Crippen LogP contribution in [0.4, 0.5) is 0 Å². The van der Waals surface area contributed by atoms with Crippen LogP contribution in [0.15, 0.2) is 60.7 Å². The first-order valence-corrected chi connectivity index (χ1v) is 10.1. The molecule has 4 rings (SSSR count). The summed E-state index contributed by atoms with van der Waals surface area (Å²) in [7, 11) is 1.38. The van der Waals surface area contributed by atoms with E-state index >= 15 is 0 Å². The molecule has 5 atom stereocenters. The molecule has 1 saturated heterocycles.